The molecule has 1 rings (SSSR count). The third-order valence-corrected chi connectivity index (χ3v) is 2.15. The molecule has 0 saturated carbocycles. The molecule has 1 fully saturated rings. The van der Waals surface area contributed by atoms with Crippen LogP contribution in [-0.4, -0.2) is 62.0 Å². The molecule has 1 atom stereocenters. The quantitative estimate of drug-likeness (QED) is 0.559. The van der Waals surface area contributed by atoms with Crippen molar-refractivity contribution in [2.45, 2.75) is 13.0 Å². The number of nitrogens with zero attached hydrogens (tertiary/aromatic N) is 1. The van der Waals surface area contributed by atoms with Crippen LogP contribution in [0.5, 0.6) is 0 Å². The summed E-state index contributed by atoms with van der Waals surface area (Å²) in [5, 5.41) is 12.2. The molecule has 1 saturated heterocycles. The summed E-state index contributed by atoms with van der Waals surface area (Å²) in [7, 11) is 0. The average Bonchev–Trinajstić information content (AvgIpc) is 2.14. The molecule has 1 aliphatic rings. The summed E-state index contributed by atoms with van der Waals surface area (Å²) in [6, 6.07) is 0. The van der Waals surface area contributed by atoms with Crippen molar-refractivity contribution < 1.29 is 9.84 Å². The highest BCUT2D eigenvalue weighted by Gasteiger charge is 2.08. The Morgan fingerprint density at radius 1 is 1.46 bits per heavy atom. The van der Waals surface area contributed by atoms with Gasteiger partial charge in [-0.15, -0.1) is 0 Å². The van der Waals surface area contributed by atoms with E-state index >= 15 is 0 Å². The molecular weight excluding hydrogens is 168 g/mol. The van der Waals surface area contributed by atoms with E-state index in [9.17, 15) is 0 Å². The Labute approximate surface area is 79.9 Å². The Kier molecular flexibility index (Phi) is 5.31. The molecule has 0 aliphatic carbocycles. The Hall–Kier alpha value is -0.160. The number of aliphatic hydroxyl groups excluding tert-OH is 1. The molecule has 0 aromatic rings. The van der Waals surface area contributed by atoms with Gasteiger partial charge in [0.25, 0.3) is 0 Å². The largest absolute Gasteiger partial charge is 0.392 e. The number of rotatable bonds is 5. The third kappa shape index (κ3) is 5.21. The maximum atomic E-state index is 8.99. The van der Waals surface area contributed by atoms with E-state index in [-0.39, 0.29) is 6.10 Å². The zero-order chi connectivity index (χ0) is 9.52. The lowest BCUT2D eigenvalue weighted by Gasteiger charge is -2.26. The minimum atomic E-state index is -0.246. The number of aliphatic hydroxyl groups is 1. The van der Waals surface area contributed by atoms with Gasteiger partial charge in [0, 0.05) is 32.7 Å². The first-order valence-electron chi connectivity index (χ1n) is 4.98. The zero-order valence-corrected chi connectivity index (χ0v) is 8.33. The maximum Gasteiger partial charge on any atom is 0.0636 e. The lowest BCUT2D eigenvalue weighted by molar-refractivity contribution is 0.0381. The monoisotopic (exact) mass is 188 g/mol. The van der Waals surface area contributed by atoms with Crippen LogP contribution in [0.1, 0.15) is 6.92 Å². The first-order chi connectivity index (χ1) is 6.29. The summed E-state index contributed by atoms with van der Waals surface area (Å²) in [6.07, 6.45) is -0.246. The second-order valence-corrected chi connectivity index (χ2v) is 3.51. The van der Waals surface area contributed by atoms with Crippen LogP contribution in [0.15, 0.2) is 0 Å². The van der Waals surface area contributed by atoms with Gasteiger partial charge < -0.3 is 15.2 Å². The van der Waals surface area contributed by atoms with Gasteiger partial charge in [-0.3, -0.25) is 4.90 Å². The predicted molar refractivity (Wildman–Crippen MR) is 51.8 cm³/mol. The molecule has 0 aromatic carbocycles. The Bertz CT molecular complexity index is 125. The van der Waals surface area contributed by atoms with Gasteiger partial charge in [0.2, 0.25) is 0 Å². The average molecular weight is 188 g/mol. The lowest BCUT2D eigenvalue weighted by Crippen LogP contribution is -2.41. The smallest absolute Gasteiger partial charge is 0.0636 e. The predicted octanol–water partition coefficient (Wildman–Crippen LogP) is -0.711. The lowest BCUT2D eigenvalue weighted by atomic mass is 10.4. The zero-order valence-electron chi connectivity index (χ0n) is 8.33. The van der Waals surface area contributed by atoms with Crippen molar-refractivity contribution >= 4 is 0 Å². The van der Waals surface area contributed by atoms with E-state index in [2.05, 4.69) is 10.2 Å². The van der Waals surface area contributed by atoms with Crippen LogP contribution in [0.2, 0.25) is 0 Å². The molecule has 4 heteroatoms. The Morgan fingerprint density at radius 3 is 2.77 bits per heavy atom. The molecule has 2 N–H and O–H groups in total. The third-order valence-electron chi connectivity index (χ3n) is 2.15. The summed E-state index contributed by atoms with van der Waals surface area (Å²) in [6.45, 7) is 8.27. The minimum absolute atomic E-state index is 0.246. The molecule has 4 nitrogen and oxygen atoms in total. The number of hydrogen-bond donors (Lipinski definition) is 2. The molecule has 0 aromatic heterocycles. The fourth-order valence-corrected chi connectivity index (χ4v) is 1.37. The first kappa shape index (κ1) is 10.9. The number of ether oxygens (including phenoxy) is 1. The first-order valence-corrected chi connectivity index (χ1v) is 4.98. The topological polar surface area (TPSA) is 44.7 Å². The van der Waals surface area contributed by atoms with Gasteiger partial charge in [-0.05, 0) is 6.92 Å². The molecule has 0 spiro atoms. The van der Waals surface area contributed by atoms with Gasteiger partial charge in [-0.1, -0.05) is 0 Å². The van der Waals surface area contributed by atoms with Crippen molar-refractivity contribution in [3.8, 4) is 0 Å². The van der Waals surface area contributed by atoms with Gasteiger partial charge in [0.05, 0.1) is 19.3 Å². The molecule has 1 unspecified atom stereocenters. The molecule has 78 valence electrons. The summed E-state index contributed by atoms with van der Waals surface area (Å²) < 4.78 is 5.24. The van der Waals surface area contributed by atoms with Crippen LogP contribution in [0.4, 0.5) is 0 Å². The van der Waals surface area contributed by atoms with Gasteiger partial charge in [-0.2, -0.15) is 0 Å². The van der Waals surface area contributed by atoms with E-state index in [1.165, 1.54) is 0 Å². The molecule has 0 bridgehead atoms. The fraction of sp³-hybridized carbons (Fsp3) is 1.00. The van der Waals surface area contributed by atoms with E-state index in [1.807, 2.05) is 0 Å². The van der Waals surface area contributed by atoms with Crippen molar-refractivity contribution in [2.75, 3.05) is 45.9 Å². The molecule has 13 heavy (non-hydrogen) atoms. The van der Waals surface area contributed by atoms with Gasteiger partial charge >= 0.3 is 0 Å². The highest BCUT2D eigenvalue weighted by atomic mass is 16.5. The summed E-state index contributed by atoms with van der Waals surface area (Å²) >= 11 is 0. The van der Waals surface area contributed by atoms with Crippen molar-refractivity contribution in [1.82, 2.24) is 10.2 Å². The Morgan fingerprint density at radius 2 is 2.15 bits per heavy atom. The standard InChI is InChI=1S/C9H20N2O2/c1-9(12)8-10-2-3-11-4-6-13-7-5-11/h9-10,12H,2-8H2,1H3. The second kappa shape index (κ2) is 6.32. The van der Waals surface area contributed by atoms with Crippen LogP contribution in [0.3, 0.4) is 0 Å². The minimum Gasteiger partial charge on any atom is -0.392 e. The van der Waals surface area contributed by atoms with E-state index in [1.54, 1.807) is 6.92 Å². The molecular formula is C9H20N2O2. The van der Waals surface area contributed by atoms with Gasteiger partial charge in [-0.25, -0.2) is 0 Å². The second-order valence-electron chi connectivity index (χ2n) is 3.51. The normalized spacial score (nSPS) is 21.7. The Balaban J connectivity index is 1.92. The van der Waals surface area contributed by atoms with Crippen LogP contribution in [-0.2, 0) is 4.74 Å². The van der Waals surface area contributed by atoms with Crippen molar-refractivity contribution in [1.29, 1.82) is 0 Å². The number of nitrogens with one attached hydrogen (secondary N) is 1. The molecule has 1 aliphatic heterocycles. The van der Waals surface area contributed by atoms with Crippen molar-refractivity contribution in [3.05, 3.63) is 0 Å². The highest BCUT2D eigenvalue weighted by molar-refractivity contribution is 4.63. The summed E-state index contributed by atoms with van der Waals surface area (Å²) in [5.41, 5.74) is 0. The van der Waals surface area contributed by atoms with E-state index in [4.69, 9.17) is 9.84 Å². The van der Waals surface area contributed by atoms with Gasteiger partial charge in [0.1, 0.15) is 0 Å². The van der Waals surface area contributed by atoms with Crippen molar-refractivity contribution in [3.63, 3.8) is 0 Å². The van der Waals surface area contributed by atoms with Gasteiger partial charge in [0.15, 0.2) is 0 Å². The molecule has 0 amide bonds. The number of hydrogen-bond acceptors (Lipinski definition) is 4. The van der Waals surface area contributed by atoms with Crippen LogP contribution >= 0.6 is 0 Å². The molecule has 0 radical (unpaired) electrons. The highest BCUT2D eigenvalue weighted by Crippen LogP contribution is 1.94. The van der Waals surface area contributed by atoms with E-state index in [0.29, 0.717) is 6.54 Å². The summed E-state index contributed by atoms with van der Waals surface area (Å²) in [5.74, 6) is 0. The summed E-state index contributed by atoms with van der Waals surface area (Å²) in [4.78, 5) is 2.37. The van der Waals surface area contributed by atoms with Crippen LogP contribution in [0, 0.1) is 0 Å². The maximum absolute atomic E-state index is 8.99. The van der Waals surface area contributed by atoms with E-state index in [0.717, 1.165) is 39.4 Å². The fourth-order valence-electron chi connectivity index (χ4n) is 1.37. The SMILES string of the molecule is CC(O)CNCCN1CCOCC1. The van der Waals surface area contributed by atoms with Crippen LogP contribution < -0.4 is 5.32 Å². The van der Waals surface area contributed by atoms with E-state index < -0.39 is 0 Å². The molecule has 1 heterocycles. The number of morpholine rings is 1. The van der Waals surface area contributed by atoms with Crippen molar-refractivity contribution in [2.24, 2.45) is 0 Å². The van der Waals surface area contributed by atoms with Crippen LogP contribution in [0.25, 0.3) is 0 Å².